The van der Waals surface area contributed by atoms with Crippen molar-refractivity contribution in [2.24, 2.45) is 0 Å². The van der Waals surface area contributed by atoms with E-state index in [9.17, 15) is 0 Å². The molecule has 0 aliphatic carbocycles. The monoisotopic (exact) mass is 420 g/mol. The Morgan fingerprint density at radius 3 is 0.969 bits per heavy atom. The first kappa shape index (κ1) is 24.8. The van der Waals surface area contributed by atoms with Crippen LogP contribution in [0.4, 0.5) is 11.4 Å². The Bertz CT molecular complexity index is 1050. The van der Waals surface area contributed by atoms with Crippen LogP contribution in [0.5, 0.6) is 0 Å². The van der Waals surface area contributed by atoms with Crippen molar-refractivity contribution in [3.05, 3.63) is 80.5 Å². The molecule has 0 unspecified atom stereocenters. The van der Waals surface area contributed by atoms with Gasteiger partial charge in [0.1, 0.15) is 0 Å². The van der Waals surface area contributed by atoms with Crippen LogP contribution in [0.3, 0.4) is 0 Å². The van der Waals surface area contributed by atoms with E-state index in [0.29, 0.717) is 0 Å². The molecule has 0 radical (unpaired) electrons. The number of nitrogens with zero attached hydrogens (tertiary/aromatic N) is 2. The minimum absolute atomic E-state index is 0.259. The third kappa shape index (κ3) is 5.61. The topological polar surface area (TPSA) is 8.72 Å². The smallest absolute Gasteiger partial charge is 0.194 e. The zero-order valence-electron chi connectivity index (χ0n) is 20.5. The Kier molecular flexibility index (Phi) is 8.31. The van der Waals surface area contributed by atoms with E-state index in [2.05, 4.69) is 88.8 Å². The van der Waals surface area contributed by atoms with Crippen molar-refractivity contribution < 1.29 is 0 Å². The summed E-state index contributed by atoms with van der Waals surface area (Å²) in [5, 5.41) is 0. The molecule has 0 aliphatic rings. The molecule has 0 saturated heterocycles. The summed E-state index contributed by atoms with van der Waals surface area (Å²) in [6.07, 6.45) is 0. The van der Waals surface area contributed by atoms with Gasteiger partial charge in [-0.05, 0) is 57.8 Å². The Hall–Kier alpha value is -3.46. The van der Waals surface area contributed by atoms with Crippen LogP contribution < -0.4 is 0 Å². The van der Waals surface area contributed by atoms with E-state index in [1.807, 2.05) is 24.3 Å². The van der Waals surface area contributed by atoms with Gasteiger partial charge in [0.25, 0.3) is 0 Å². The summed E-state index contributed by atoms with van der Waals surface area (Å²) in [4.78, 5) is 7.60. The molecule has 2 aromatic carbocycles. The van der Waals surface area contributed by atoms with E-state index in [1.165, 1.54) is 0 Å². The maximum Gasteiger partial charge on any atom is 0.194 e. The second-order valence-electron chi connectivity index (χ2n) is 9.35. The van der Waals surface area contributed by atoms with Crippen LogP contribution in [0.15, 0.2) is 24.3 Å². The van der Waals surface area contributed by atoms with Crippen molar-refractivity contribution in [3.8, 4) is 23.7 Å². The molecular formula is C30H32N2. The molecule has 32 heavy (non-hydrogen) atoms. The highest BCUT2D eigenvalue weighted by Crippen LogP contribution is 2.37. The quantitative estimate of drug-likeness (QED) is 0.345. The van der Waals surface area contributed by atoms with Gasteiger partial charge in [-0.3, -0.25) is 0 Å². The summed E-state index contributed by atoms with van der Waals surface area (Å²) in [6, 6.07) is 8.10. The van der Waals surface area contributed by atoms with Crippen LogP contribution in [0.2, 0.25) is 0 Å². The zero-order chi connectivity index (χ0) is 24.0. The maximum absolute atomic E-state index is 7.62. The molecule has 2 rings (SSSR count). The first-order valence-corrected chi connectivity index (χ1v) is 11.2. The zero-order valence-corrected chi connectivity index (χ0v) is 20.5. The summed E-state index contributed by atoms with van der Waals surface area (Å²) in [6.45, 7) is 32.1. The van der Waals surface area contributed by atoms with Gasteiger partial charge in [-0.25, -0.2) is 9.69 Å². The standard InChI is InChI=1S/C30H32N2/c1-19(2)25-15-23(16-26(20(3)4)29(25)31-9)13-11-12-14-24-17-27(21(5)6)30(32-10)28(18-24)22(7)8/h15-22H,1-8H3. The van der Waals surface area contributed by atoms with E-state index >= 15 is 0 Å². The van der Waals surface area contributed by atoms with E-state index < -0.39 is 0 Å². The molecule has 2 heteroatoms. The lowest BCUT2D eigenvalue weighted by atomic mass is 9.90. The molecule has 0 N–H and O–H groups in total. The van der Waals surface area contributed by atoms with Crippen molar-refractivity contribution >= 4 is 11.4 Å². The van der Waals surface area contributed by atoms with E-state index in [4.69, 9.17) is 13.1 Å². The van der Waals surface area contributed by atoms with Crippen molar-refractivity contribution in [1.82, 2.24) is 0 Å². The summed E-state index contributed by atoms with van der Waals surface area (Å²) in [5.74, 6) is 13.4. The molecular weight excluding hydrogens is 388 g/mol. The molecule has 0 aromatic heterocycles. The first-order chi connectivity index (χ1) is 15.1. The third-order valence-electron chi connectivity index (χ3n) is 5.53. The average molecular weight is 421 g/mol. The van der Waals surface area contributed by atoms with Gasteiger partial charge >= 0.3 is 0 Å². The fraction of sp³-hybridized carbons (Fsp3) is 0.400. The van der Waals surface area contributed by atoms with E-state index in [-0.39, 0.29) is 23.7 Å². The van der Waals surface area contributed by atoms with Gasteiger partial charge in [-0.15, -0.1) is 0 Å². The van der Waals surface area contributed by atoms with E-state index in [1.54, 1.807) is 0 Å². The van der Waals surface area contributed by atoms with Gasteiger partial charge in [0, 0.05) is 11.1 Å². The van der Waals surface area contributed by atoms with Crippen molar-refractivity contribution in [3.63, 3.8) is 0 Å². The Balaban J connectivity index is 2.52. The maximum atomic E-state index is 7.62. The summed E-state index contributed by atoms with van der Waals surface area (Å²) in [5.41, 5.74) is 7.48. The normalized spacial score (nSPS) is 10.4. The molecule has 0 fully saturated rings. The van der Waals surface area contributed by atoms with Crippen LogP contribution in [0, 0.1) is 36.8 Å². The van der Waals surface area contributed by atoms with Crippen LogP contribution in [0.25, 0.3) is 9.69 Å². The summed E-state index contributed by atoms with van der Waals surface area (Å²) >= 11 is 0. The summed E-state index contributed by atoms with van der Waals surface area (Å²) in [7, 11) is 0. The average Bonchev–Trinajstić information content (AvgIpc) is 2.74. The fourth-order valence-corrected chi connectivity index (χ4v) is 3.73. The number of hydrogen-bond donors (Lipinski definition) is 0. The van der Waals surface area contributed by atoms with Gasteiger partial charge < -0.3 is 0 Å². The Morgan fingerprint density at radius 2 is 0.781 bits per heavy atom. The van der Waals surface area contributed by atoms with Gasteiger partial charge in [0.05, 0.1) is 13.1 Å². The molecule has 0 spiro atoms. The lowest BCUT2D eigenvalue weighted by molar-refractivity contribution is 0.840. The number of rotatable bonds is 4. The van der Waals surface area contributed by atoms with Crippen LogP contribution >= 0.6 is 0 Å². The van der Waals surface area contributed by atoms with Crippen LogP contribution in [-0.4, -0.2) is 0 Å². The van der Waals surface area contributed by atoms with Crippen molar-refractivity contribution in [1.29, 1.82) is 0 Å². The highest BCUT2D eigenvalue weighted by atomic mass is 14.7. The second-order valence-corrected chi connectivity index (χ2v) is 9.35. The highest BCUT2D eigenvalue weighted by molar-refractivity contribution is 5.66. The minimum atomic E-state index is 0.259. The SMILES string of the molecule is [C-]#[N+]c1c(C(C)C)cc(C#CC#Cc2cc(C(C)C)c([N+]#[C-])c(C(C)C)c2)cc1C(C)C. The van der Waals surface area contributed by atoms with Gasteiger partial charge in [0.15, 0.2) is 11.4 Å². The van der Waals surface area contributed by atoms with Crippen LogP contribution in [-0.2, 0) is 0 Å². The van der Waals surface area contributed by atoms with E-state index in [0.717, 1.165) is 44.8 Å². The number of hydrogen-bond acceptors (Lipinski definition) is 0. The molecule has 0 saturated carbocycles. The second kappa shape index (κ2) is 10.7. The molecule has 0 atom stereocenters. The molecule has 0 amide bonds. The van der Waals surface area contributed by atoms with Crippen molar-refractivity contribution in [2.75, 3.05) is 0 Å². The lowest BCUT2D eigenvalue weighted by Crippen LogP contribution is -1.97. The molecule has 2 nitrogen and oxygen atoms in total. The minimum Gasteiger partial charge on any atom is -0.238 e. The lowest BCUT2D eigenvalue weighted by Gasteiger charge is -2.16. The highest BCUT2D eigenvalue weighted by Gasteiger charge is 2.16. The van der Waals surface area contributed by atoms with Crippen LogP contribution in [0.1, 0.15) is 112 Å². The molecule has 0 bridgehead atoms. The van der Waals surface area contributed by atoms with Gasteiger partial charge in [-0.1, -0.05) is 91.5 Å². The fourth-order valence-electron chi connectivity index (χ4n) is 3.73. The van der Waals surface area contributed by atoms with Gasteiger partial charge in [-0.2, -0.15) is 0 Å². The first-order valence-electron chi connectivity index (χ1n) is 11.2. The summed E-state index contributed by atoms with van der Waals surface area (Å²) < 4.78 is 0. The molecule has 162 valence electrons. The predicted octanol–water partition coefficient (Wildman–Crippen LogP) is 8.68. The third-order valence-corrected chi connectivity index (χ3v) is 5.53. The van der Waals surface area contributed by atoms with Crippen molar-refractivity contribution in [2.45, 2.75) is 79.1 Å². The van der Waals surface area contributed by atoms with Gasteiger partial charge in [0.2, 0.25) is 0 Å². The number of benzene rings is 2. The molecule has 0 heterocycles. The predicted molar refractivity (Wildman–Crippen MR) is 136 cm³/mol. The Labute approximate surface area is 194 Å². The molecule has 0 aliphatic heterocycles. The Morgan fingerprint density at radius 1 is 0.531 bits per heavy atom. The largest absolute Gasteiger partial charge is 0.238 e. The molecule has 2 aromatic rings.